The predicted molar refractivity (Wildman–Crippen MR) is 94.7 cm³/mol. The van der Waals surface area contributed by atoms with Crippen molar-refractivity contribution in [3.63, 3.8) is 0 Å². The zero-order valence-corrected chi connectivity index (χ0v) is 15.0. The van der Waals surface area contributed by atoms with Gasteiger partial charge in [0.15, 0.2) is 0 Å². The van der Waals surface area contributed by atoms with Crippen LogP contribution in [0.4, 0.5) is 0 Å². The van der Waals surface area contributed by atoms with Gasteiger partial charge in [0, 0.05) is 32.6 Å². The van der Waals surface area contributed by atoms with E-state index in [4.69, 9.17) is 4.74 Å². The highest BCUT2D eigenvalue weighted by molar-refractivity contribution is 5.90. The minimum atomic E-state index is -0.378. The number of nitrogens with one attached hydrogen (secondary N) is 2. The number of morpholine rings is 1. The summed E-state index contributed by atoms with van der Waals surface area (Å²) in [5.41, 5.74) is 2.32. The van der Waals surface area contributed by atoms with E-state index in [2.05, 4.69) is 53.6 Å². The molecule has 2 saturated heterocycles. The van der Waals surface area contributed by atoms with Gasteiger partial charge in [-0.15, -0.1) is 0 Å². The molecule has 136 valence electrons. The number of rotatable bonds is 5. The quantitative estimate of drug-likeness (QED) is 0.841. The fraction of sp³-hybridized carbons (Fsp3) is 0.579. The lowest BCUT2D eigenvalue weighted by Gasteiger charge is -2.35. The fourth-order valence-electron chi connectivity index (χ4n) is 3.56. The maximum absolute atomic E-state index is 12.0. The Kier molecular flexibility index (Phi) is 5.71. The predicted octanol–water partition coefficient (Wildman–Crippen LogP) is 1.19. The van der Waals surface area contributed by atoms with Gasteiger partial charge < -0.3 is 15.4 Å². The topological polar surface area (TPSA) is 70.7 Å². The molecule has 0 saturated carbocycles. The van der Waals surface area contributed by atoms with Crippen LogP contribution in [0, 0.1) is 0 Å². The highest BCUT2D eigenvalue weighted by Crippen LogP contribution is 2.15. The first-order chi connectivity index (χ1) is 12.0. The molecule has 0 unspecified atom stereocenters. The summed E-state index contributed by atoms with van der Waals surface area (Å²) >= 11 is 0. The molecule has 1 aromatic rings. The minimum absolute atomic E-state index is 0.0451. The molecule has 2 fully saturated rings. The van der Waals surface area contributed by atoms with E-state index in [1.54, 1.807) is 0 Å². The Hall–Kier alpha value is -1.92. The molecule has 2 aliphatic rings. The molecule has 2 N–H and O–H groups in total. The van der Waals surface area contributed by atoms with Crippen molar-refractivity contribution in [2.24, 2.45) is 0 Å². The van der Waals surface area contributed by atoms with Crippen LogP contribution >= 0.6 is 0 Å². The second-order valence-electron chi connectivity index (χ2n) is 7.14. The summed E-state index contributed by atoms with van der Waals surface area (Å²) in [7, 11) is 0. The van der Waals surface area contributed by atoms with Gasteiger partial charge in [0.1, 0.15) is 6.04 Å². The van der Waals surface area contributed by atoms with Gasteiger partial charge in [0.25, 0.3) is 0 Å². The second-order valence-corrected chi connectivity index (χ2v) is 7.14. The van der Waals surface area contributed by atoms with Crippen LogP contribution in [0.1, 0.15) is 37.8 Å². The van der Waals surface area contributed by atoms with Crippen molar-refractivity contribution in [2.75, 3.05) is 13.1 Å². The van der Waals surface area contributed by atoms with Gasteiger partial charge in [-0.2, -0.15) is 0 Å². The van der Waals surface area contributed by atoms with Gasteiger partial charge in [-0.1, -0.05) is 24.3 Å². The first-order valence-corrected chi connectivity index (χ1v) is 9.02. The molecule has 25 heavy (non-hydrogen) atoms. The maximum atomic E-state index is 12.0. The molecule has 0 spiro atoms. The van der Waals surface area contributed by atoms with E-state index in [0.29, 0.717) is 19.4 Å². The molecular weight excluding hydrogens is 318 g/mol. The number of nitrogens with zero attached hydrogens (tertiary/aromatic N) is 1. The molecular formula is C19H27N3O3. The Labute approximate surface area is 148 Å². The lowest BCUT2D eigenvalue weighted by molar-refractivity contribution is -0.125. The average molecular weight is 345 g/mol. The molecule has 2 heterocycles. The van der Waals surface area contributed by atoms with Crippen molar-refractivity contribution in [3.05, 3.63) is 35.4 Å². The number of carbonyl (C=O) groups is 2. The Morgan fingerprint density at radius 3 is 2.44 bits per heavy atom. The third kappa shape index (κ3) is 5.03. The molecule has 3 rings (SSSR count). The van der Waals surface area contributed by atoms with E-state index in [1.165, 1.54) is 5.56 Å². The van der Waals surface area contributed by atoms with Crippen LogP contribution in [0.2, 0.25) is 0 Å². The standard InChI is InChI=1S/C19H27N3O3/c1-13-10-22(11-14(2)25-13)12-16-5-3-15(4-6-16)9-20-19(24)17-7-8-18(23)21-17/h3-6,13-14,17H,7-12H2,1-2H3,(H,20,24)(H,21,23)/t13-,14-,17+/m1/s1. The van der Waals surface area contributed by atoms with E-state index in [-0.39, 0.29) is 30.1 Å². The fourth-order valence-corrected chi connectivity index (χ4v) is 3.56. The average Bonchev–Trinajstić information content (AvgIpc) is 2.99. The van der Waals surface area contributed by atoms with Gasteiger partial charge in [-0.05, 0) is 31.4 Å². The molecule has 2 amide bonds. The van der Waals surface area contributed by atoms with Crippen molar-refractivity contribution in [3.8, 4) is 0 Å². The van der Waals surface area contributed by atoms with Crippen LogP contribution in [0.3, 0.4) is 0 Å². The summed E-state index contributed by atoms with van der Waals surface area (Å²) in [6, 6.07) is 7.96. The van der Waals surface area contributed by atoms with Crippen LogP contribution in [-0.2, 0) is 27.4 Å². The van der Waals surface area contributed by atoms with Crippen molar-refractivity contribution >= 4 is 11.8 Å². The van der Waals surface area contributed by atoms with Gasteiger partial charge in [-0.3, -0.25) is 14.5 Å². The third-order valence-corrected chi connectivity index (χ3v) is 4.70. The van der Waals surface area contributed by atoms with Crippen molar-refractivity contribution in [1.82, 2.24) is 15.5 Å². The molecule has 0 aliphatic carbocycles. The summed E-state index contributed by atoms with van der Waals surface area (Å²) in [4.78, 5) is 25.6. The maximum Gasteiger partial charge on any atom is 0.242 e. The molecule has 3 atom stereocenters. The van der Waals surface area contributed by atoms with Gasteiger partial charge in [0.2, 0.25) is 11.8 Å². The zero-order valence-electron chi connectivity index (χ0n) is 15.0. The summed E-state index contributed by atoms with van der Waals surface area (Å²) < 4.78 is 5.77. The lowest BCUT2D eigenvalue weighted by atomic mass is 10.1. The molecule has 0 radical (unpaired) electrons. The van der Waals surface area contributed by atoms with Gasteiger partial charge >= 0.3 is 0 Å². The summed E-state index contributed by atoms with van der Waals surface area (Å²) in [5, 5.41) is 5.58. The molecule has 0 aromatic heterocycles. The molecule has 1 aromatic carbocycles. The smallest absolute Gasteiger partial charge is 0.242 e. The van der Waals surface area contributed by atoms with Gasteiger partial charge in [0.05, 0.1) is 12.2 Å². The first-order valence-electron chi connectivity index (χ1n) is 9.02. The molecule has 6 nitrogen and oxygen atoms in total. The lowest BCUT2D eigenvalue weighted by Crippen LogP contribution is -2.44. The zero-order chi connectivity index (χ0) is 17.8. The van der Waals surface area contributed by atoms with E-state index in [9.17, 15) is 9.59 Å². The van der Waals surface area contributed by atoms with Crippen LogP contribution in [0.5, 0.6) is 0 Å². The Balaban J connectivity index is 1.47. The first kappa shape index (κ1) is 17.9. The highest BCUT2D eigenvalue weighted by Gasteiger charge is 2.26. The van der Waals surface area contributed by atoms with Crippen LogP contribution in [0.25, 0.3) is 0 Å². The van der Waals surface area contributed by atoms with Crippen LogP contribution in [0.15, 0.2) is 24.3 Å². The van der Waals surface area contributed by atoms with Gasteiger partial charge in [-0.25, -0.2) is 0 Å². The second kappa shape index (κ2) is 7.97. The number of hydrogen-bond acceptors (Lipinski definition) is 4. The highest BCUT2D eigenvalue weighted by atomic mass is 16.5. The Morgan fingerprint density at radius 1 is 1.20 bits per heavy atom. The number of amides is 2. The third-order valence-electron chi connectivity index (χ3n) is 4.70. The Bertz CT molecular complexity index is 607. The minimum Gasteiger partial charge on any atom is -0.373 e. The normalized spacial score (nSPS) is 27.1. The number of benzene rings is 1. The van der Waals surface area contributed by atoms with Crippen LogP contribution in [-0.4, -0.2) is 48.1 Å². The summed E-state index contributed by atoms with van der Waals surface area (Å²) in [5.74, 6) is -0.150. The summed E-state index contributed by atoms with van der Waals surface area (Å²) in [6.45, 7) is 7.53. The van der Waals surface area contributed by atoms with Crippen molar-refractivity contribution in [2.45, 2.75) is 58.0 Å². The monoisotopic (exact) mass is 345 g/mol. The molecule has 6 heteroatoms. The summed E-state index contributed by atoms with van der Waals surface area (Å²) in [6.07, 6.45) is 1.56. The largest absolute Gasteiger partial charge is 0.373 e. The van der Waals surface area contributed by atoms with Crippen molar-refractivity contribution in [1.29, 1.82) is 0 Å². The number of carbonyl (C=O) groups excluding carboxylic acids is 2. The number of hydrogen-bond donors (Lipinski definition) is 2. The van der Waals surface area contributed by atoms with E-state index < -0.39 is 0 Å². The Morgan fingerprint density at radius 2 is 1.84 bits per heavy atom. The van der Waals surface area contributed by atoms with Crippen LogP contribution < -0.4 is 10.6 Å². The molecule has 2 aliphatic heterocycles. The molecule has 0 bridgehead atoms. The SMILES string of the molecule is C[C@@H]1CN(Cc2ccc(CNC(=O)[C@@H]3CCC(=O)N3)cc2)C[C@@H](C)O1. The van der Waals surface area contributed by atoms with E-state index in [0.717, 1.165) is 25.2 Å². The van der Waals surface area contributed by atoms with E-state index >= 15 is 0 Å². The van der Waals surface area contributed by atoms with E-state index in [1.807, 2.05) is 0 Å². The number of ether oxygens (including phenoxy) is 1. The van der Waals surface area contributed by atoms with Crippen molar-refractivity contribution < 1.29 is 14.3 Å².